The molecule has 96 valence electrons. The van der Waals surface area contributed by atoms with Crippen LogP contribution in [-0.2, 0) is 10.0 Å². The zero-order valence-electron chi connectivity index (χ0n) is 9.27. The van der Waals surface area contributed by atoms with Crippen LogP contribution in [-0.4, -0.2) is 38.1 Å². The Balaban J connectivity index is 2.41. The Hall–Kier alpha value is -0.300. The molecule has 0 aliphatic rings. The van der Waals surface area contributed by atoms with Crippen molar-refractivity contribution in [3.8, 4) is 5.75 Å². The van der Waals surface area contributed by atoms with Gasteiger partial charge in [-0.15, -0.1) is 11.6 Å². The van der Waals surface area contributed by atoms with Crippen molar-refractivity contribution < 1.29 is 13.2 Å². The van der Waals surface area contributed by atoms with Crippen molar-refractivity contribution in [1.29, 1.82) is 0 Å². The molecule has 0 N–H and O–H groups in total. The van der Waals surface area contributed by atoms with E-state index in [-0.39, 0.29) is 13.2 Å². The maximum atomic E-state index is 11.3. The minimum absolute atomic E-state index is 0.269. The van der Waals surface area contributed by atoms with E-state index in [0.717, 1.165) is 4.47 Å². The van der Waals surface area contributed by atoms with E-state index in [4.69, 9.17) is 16.3 Å². The lowest BCUT2D eigenvalue weighted by Gasteiger charge is -2.15. The van der Waals surface area contributed by atoms with Gasteiger partial charge in [-0.25, -0.2) is 12.7 Å². The first kappa shape index (κ1) is 14.8. The number of hydrogen-bond acceptors (Lipinski definition) is 3. The van der Waals surface area contributed by atoms with Crippen LogP contribution in [0.4, 0.5) is 0 Å². The normalized spacial score (nSPS) is 11.8. The number of likely N-dealkylation sites (N-methyl/N-ethyl adjacent to an activating group) is 1. The van der Waals surface area contributed by atoms with Gasteiger partial charge in [0.15, 0.2) is 0 Å². The first-order valence-electron chi connectivity index (χ1n) is 4.84. The monoisotopic (exact) mass is 341 g/mol. The summed E-state index contributed by atoms with van der Waals surface area (Å²) in [4.78, 5) is 0. The third-order valence-corrected chi connectivity index (χ3v) is 4.87. The average molecular weight is 343 g/mol. The Kier molecular flexibility index (Phi) is 5.72. The summed E-state index contributed by atoms with van der Waals surface area (Å²) in [6.07, 6.45) is 0. The minimum Gasteiger partial charge on any atom is -0.492 e. The highest BCUT2D eigenvalue weighted by atomic mass is 79.9. The fourth-order valence-corrected chi connectivity index (χ4v) is 2.33. The zero-order valence-corrected chi connectivity index (χ0v) is 12.4. The van der Waals surface area contributed by atoms with Crippen molar-refractivity contribution in [3.63, 3.8) is 0 Å². The van der Waals surface area contributed by atoms with Crippen LogP contribution in [0, 0.1) is 0 Å². The second-order valence-electron chi connectivity index (χ2n) is 3.34. The molecule has 1 rings (SSSR count). The predicted octanol–water partition coefficient (Wildman–Crippen LogP) is 2.29. The van der Waals surface area contributed by atoms with Gasteiger partial charge in [-0.05, 0) is 24.3 Å². The van der Waals surface area contributed by atoms with Crippen LogP contribution in [0.1, 0.15) is 0 Å². The molecular formula is C10H13BrClNO3S. The van der Waals surface area contributed by atoms with Crippen molar-refractivity contribution in [1.82, 2.24) is 4.31 Å². The first-order chi connectivity index (χ1) is 7.95. The number of benzene rings is 1. The second kappa shape index (κ2) is 6.58. The van der Waals surface area contributed by atoms with Gasteiger partial charge in [0.25, 0.3) is 0 Å². The smallest absolute Gasteiger partial charge is 0.228 e. The molecule has 0 amide bonds. The SMILES string of the molecule is CN(CCOc1ccc(Br)cc1)S(=O)(=O)CCl. The Morgan fingerprint density at radius 3 is 2.47 bits per heavy atom. The van der Waals surface area contributed by atoms with Gasteiger partial charge >= 0.3 is 0 Å². The summed E-state index contributed by atoms with van der Waals surface area (Å²) in [5.41, 5.74) is 0. The van der Waals surface area contributed by atoms with Gasteiger partial charge in [0.1, 0.15) is 17.6 Å². The molecule has 0 aromatic heterocycles. The van der Waals surface area contributed by atoms with Crippen molar-refractivity contribution in [2.45, 2.75) is 0 Å². The molecule has 1 aromatic carbocycles. The van der Waals surface area contributed by atoms with Gasteiger partial charge < -0.3 is 4.74 Å². The van der Waals surface area contributed by atoms with Crippen LogP contribution in [0.2, 0.25) is 0 Å². The summed E-state index contributed by atoms with van der Waals surface area (Å²) < 4.78 is 30.2. The van der Waals surface area contributed by atoms with Crippen LogP contribution in [0.5, 0.6) is 5.75 Å². The summed E-state index contributed by atoms with van der Waals surface area (Å²) >= 11 is 8.64. The van der Waals surface area contributed by atoms with E-state index in [9.17, 15) is 8.42 Å². The van der Waals surface area contributed by atoms with Gasteiger partial charge in [-0.1, -0.05) is 15.9 Å². The van der Waals surface area contributed by atoms with Gasteiger partial charge in [0.2, 0.25) is 10.0 Å². The lowest BCUT2D eigenvalue weighted by atomic mass is 10.3. The third-order valence-electron chi connectivity index (χ3n) is 2.10. The highest BCUT2D eigenvalue weighted by Gasteiger charge is 2.15. The number of hydrogen-bond donors (Lipinski definition) is 0. The Morgan fingerprint density at radius 1 is 1.35 bits per heavy atom. The summed E-state index contributed by atoms with van der Waals surface area (Å²) in [5, 5.41) is -0.415. The molecule has 7 heteroatoms. The van der Waals surface area contributed by atoms with Crippen LogP contribution < -0.4 is 4.74 Å². The maximum absolute atomic E-state index is 11.3. The van der Waals surface area contributed by atoms with E-state index in [0.29, 0.717) is 5.75 Å². The number of nitrogens with zero attached hydrogens (tertiary/aromatic N) is 1. The summed E-state index contributed by atoms with van der Waals surface area (Å²) in [7, 11) is -1.87. The molecule has 0 fully saturated rings. The molecule has 4 nitrogen and oxygen atoms in total. The molecule has 0 saturated heterocycles. The molecule has 0 aliphatic heterocycles. The summed E-state index contributed by atoms with van der Waals surface area (Å²) in [6.45, 7) is 0.555. The Bertz CT molecular complexity index is 449. The number of sulfonamides is 1. The molecule has 0 aliphatic carbocycles. The predicted molar refractivity (Wildman–Crippen MR) is 71.9 cm³/mol. The van der Waals surface area contributed by atoms with E-state index in [1.165, 1.54) is 11.4 Å². The largest absolute Gasteiger partial charge is 0.492 e. The molecule has 0 saturated carbocycles. The second-order valence-corrected chi connectivity index (χ2v) is 6.92. The highest BCUT2D eigenvalue weighted by molar-refractivity contribution is 9.10. The van der Waals surface area contributed by atoms with Crippen LogP contribution >= 0.6 is 27.5 Å². The van der Waals surface area contributed by atoms with E-state index in [1.54, 1.807) is 12.1 Å². The molecule has 0 bridgehead atoms. The number of rotatable bonds is 6. The third kappa shape index (κ3) is 4.83. The van der Waals surface area contributed by atoms with Crippen LogP contribution in [0.25, 0.3) is 0 Å². The van der Waals surface area contributed by atoms with E-state index in [2.05, 4.69) is 15.9 Å². The molecule has 0 radical (unpaired) electrons. The molecule has 0 heterocycles. The number of halogens is 2. The standard InChI is InChI=1S/C10H13BrClNO3S/c1-13(17(14,15)8-12)6-7-16-10-4-2-9(11)3-5-10/h2-5H,6-8H2,1H3. The van der Waals surface area contributed by atoms with Crippen molar-refractivity contribution in [2.24, 2.45) is 0 Å². The Morgan fingerprint density at radius 2 is 1.94 bits per heavy atom. The zero-order chi connectivity index (χ0) is 12.9. The van der Waals surface area contributed by atoms with Gasteiger partial charge in [-0.2, -0.15) is 0 Å². The average Bonchev–Trinajstić information content (AvgIpc) is 2.31. The van der Waals surface area contributed by atoms with E-state index >= 15 is 0 Å². The summed E-state index contributed by atoms with van der Waals surface area (Å²) in [5.74, 6) is 0.699. The molecular weight excluding hydrogens is 330 g/mol. The Labute approximate surface area is 115 Å². The molecule has 0 unspecified atom stereocenters. The van der Waals surface area contributed by atoms with Gasteiger partial charge in [0, 0.05) is 18.1 Å². The quantitative estimate of drug-likeness (QED) is 0.745. The minimum atomic E-state index is -3.35. The number of alkyl halides is 1. The lowest BCUT2D eigenvalue weighted by Crippen LogP contribution is -2.31. The first-order valence-corrected chi connectivity index (χ1v) is 7.78. The van der Waals surface area contributed by atoms with Crippen molar-refractivity contribution >= 4 is 37.6 Å². The van der Waals surface area contributed by atoms with Crippen LogP contribution in [0.15, 0.2) is 28.7 Å². The van der Waals surface area contributed by atoms with Crippen molar-refractivity contribution in [3.05, 3.63) is 28.7 Å². The fourth-order valence-electron chi connectivity index (χ4n) is 1.05. The van der Waals surface area contributed by atoms with Crippen LogP contribution in [0.3, 0.4) is 0 Å². The van der Waals surface area contributed by atoms with Gasteiger partial charge in [-0.3, -0.25) is 0 Å². The molecule has 0 spiro atoms. The maximum Gasteiger partial charge on any atom is 0.228 e. The molecule has 0 atom stereocenters. The van der Waals surface area contributed by atoms with Crippen molar-refractivity contribution in [2.75, 3.05) is 25.4 Å². The number of ether oxygens (including phenoxy) is 1. The lowest BCUT2D eigenvalue weighted by molar-refractivity contribution is 0.287. The molecule has 1 aromatic rings. The molecule has 17 heavy (non-hydrogen) atoms. The highest BCUT2D eigenvalue weighted by Crippen LogP contribution is 2.16. The van der Waals surface area contributed by atoms with Gasteiger partial charge in [0.05, 0.1) is 0 Å². The topological polar surface area (TPSA) is 46.6 Å². The van der Waals surface area contributed by atoms with E-state index in [1.807, 2.05) is 12.1 Å². The van der Waals surface area contributed by atoms with E-state index < -0.39 is 15.2 Å². The fraction of sp³-hybridized carbons (Fsp3) is 0.400. The summed E-state index contributed by atoms with van der Waals surface area (Å²) in [6, 6.07) is 7.32.